The fraction of sp³-hybridized carbons (Fsp3) is 0.364. The summed E-state index contributed by atoms with van der Waals surface area (Å²) in [6, 6.07) is 14.7. The molecule has 0 fully saturated rings. The number of benzene rings is 2. The summed E-state index contributed by atoms with van der Waals surface area (Å²) in [5, 5.41) is 0. The second-order valence-electron chi connectivity index (χ2n) is 11.9. The molecule has 0 N–H and O–H groups in total. The molecule has 228 valence electrons. The zero-order valence-corrected chi connectivity index (χ0v) is 26.2. The number of alkyl halides is 3. The van der Waals surface area contributed by atoms with Gasteiger partial charge in [0.1, 0.15) is 28.3 Å². The lowest BCUT2D eigenvalue weighted by atomic mass is 10.1. The molecule has 6 nitrogen and oxygen atoms in total. The van der Waals surface area contributed by atoms with Crippen LogP contribution in [0, 0.1) is 13.8 Å². The van der Waals surface area contributed by atoms with Crippen LogP contribution in [0.4, 0.5) is 19.0 Å². The lowest BCUT2D eigenvalue weighted by Gasteiger charge is -2.28. The van der Waals surface area contributed by atoms with Gasteiger partial charge in [-0.3, -0.25) is 4.79 Å². The molecule has 2 aromatic heterocycles. The minimum Gasteiger partial charge on any atom is -0.469 e. The first-order valence-corrected chi connectivity index (χ1v) is 14.6. The van der Waals surface area contributed by atoms with Gasteiger partial charge in [-0.2, -0.15) is 13.2 Å². The van der Waals surface area contributed by atoms with Crippen LogP contribution in [0.5, 0.6) is 0 Å². The van der Waals surface area contributed by atoms with Crippen LogP contribution in [-0.4, -0.2) is 26.3 Å². The second-order valence-corrected chi connectivity index (χ2v) is 13.6. The van der Waals surface area contributed by atoms with E-state index in [-0.39, 0.29) is 5.97 Å². The van der Waals surface area contributed by atoms with E-state index < -0.39 is 22.1 Å². The van der Waals surface area contributed by atoms with Crippen LogP contribution in [0.25, 0.3) is 11.3 Å². The minimum absolute atomic E-state index is 0.286. The maximum absolute atomic E-state index is 13.4. The van der Waals surface area contributed by atoms with Crippen molar-refractivity contribution in [1.29, 1.82) is 0 Å². The molecule has 2 heterocycles. The van der Waals surface area contributed by atoms with Gasteiger partial charge in [0, 0.05) is 35.2 Å². The molecule has 4 aromatic rings. The number of ether oxygens (including phenoxy) is 1. The number of carbonyl (C=O) groups is 1. The van der Waals surface area contributed by atoms with Crippen molar-refractivity contribution >= 4 is 23.5 Å². The summed E-state index contributed by atoms with van der Waals surface area (Å²) in [6.07, 6.45) is -1.39. The van der Waals surface area contributed by atoms with Gasteiger partial charge in [0.15, 0.2) is 0 Å². The highest BCUT2D eigenvalue weighted by Crippen LogP contribution is 2.36. The Hall–Kier alpha value is -3.79. The molecule has 0 atom stereocenters. The molecule has 0 saturated heterocycles. The van der Waals surface area contributed by atoms with E-state index in [9.17, 15) is 18.0 Å². The minimum atomic E-state index is -4.46. The quantitative estimate of drug-likeness (QED) is 0.138. The highest BCUT2D eigenvalue weighted by atomic mass is 32.2. The largest absolute Gasteiger partial charge is 0.469 e. The third-order valence-electron chi connectivity index (χ3n) is 6.68. The van der Waals surface area contributed by atoms with Crippen molar-refractivity contribution in [2.75, 3.05) is 4.90 Å². The molecule has 0 aliphatic rings. The Morgan fingerprint density at radius 1 is 0.953 bits per heavy atom. The van der Waals surface area contributed by atoms with E-state index in [1.54, 1.807) is 18.4 Å². The van der Waals surface area contributed by atoms with Crippen LogP contribution in [0.2, 0.25) is 0 Å². The smallest absolute Gasteiger partial charge is 0.416 e. The molecule has 0 aliphatic carbocycles. The third-order valence-corrected chi connectivity index (χ3v) is 7.87. The van der Waals surface area contributed by atoms with Crippen LogP contribution in [-0.2, 0) is 28.8 Å². The number of halogens is 3. The number of anilines is 1. The number of hydrogen-bond donors (Lipinski definition) is 0. The van der Waals surface area contributed by atoms with Gasteiger partial charge in [0.05, 0.1) is 17.5 Å². The van der Waals surface area contributed by atoms with E-state index in [1.807, 2.05) is 77.6 Å². The number of hydrogen-bond acceptors (Lipinski definition) is 7. The number of carbonyl (C=O) groups excluding carboxylic acids is 1. The maximum Gasteiger partial charge on any atom is 0.416 e. The molecule has 0 spiro atoms. The molecular formula is C33H36F3N3O3S. The molecule has 0 saturated carbocycles. The van der Waals surface area contributed by atoms with Gasteiger partial charge in [0.2, 0.25) is 0 Å². The number of rotatable bonds is 9. The molecule has 0 amide bonds. The Bertz CT molecular complexity index is 1560. The summed E-state index contributed by atoms with van der Waals surface area (Å²) >= 11 is 1.43. The van der Waals surface area contributed by atoms with Gasteiger partial charge in [-0.15, -0.1) is 11.8 Å². The van der Waals surface area contributed by atoms with E-state index >= 15 is 0 Å². The second kappa shape index (κ2) is 12.4. The topological polar surface area (TPSA) is 68.5 Å². The summed E-state index contributed by atoms with van der Waals surface area (Å²) in [7, 11) is 0. The Labute approximate surface area is 254 Å². The fourth-order valence-electron chi connectivity index (χ4n) is 4.39. The average Bonchev–Trinajstić information content (AvgIpc) is 3.24. The van der Waals surface area contributed by atoms with Gasteiger partial charge < -0.3 is 14.1 Å². The first-order valence-electron chi connectivity index (χ1n) is 13.8. The molecule has 10 heteroatoms. The monoisotopic (exact) mass is 611 g/mol. The number of aryl methyl sites for hydroxylation is 2. The van der Waals surface area contributed by atoms with Crippen LogP contribution in [0.15, 0.2) is 76.5 Å². The van der Waals surface area contributed by atoms with Gasteiger partial charge >= 0.3 is 12.1 Å². The number of aromatic nitrogens is 2. The van der Waals surface area contributed by atoms with Crippen LogP contribution < -0.4 is 4.90 Å². The van der Waals surface area contributed by atoms with Crippen molar-refractivity contribution in [2.24, 2.45) is 0 Å². The summed E-state index contributed by atoms with van der Waals surface area (Å²) in [5.74, 6) is 1.06. The van der Waals surface area contributed by atoms with Gasteiger partial charge in [-0.25, -0.2) is 9.97 Å². The number of esters is 1. The zero-order valence-electron chi connectivity index (χ0n) is 25.4. The van der Waals surface area contributed by atoms with Crippen LogP contribution >= 0.6 is 11.8 Å². The van der Waals surface area contributed by atoms with E-state index in [0.717, 1.165) is 39.5 Å². The fourth-order valence-corrected chi connectivity index (χ4v) is 5.38. The third kappa shape index (κ3) is 8.40. The average molecular weight is 612 g/mol. The Morgan fingerprint density at radius 3 is 2.26 bits per heavy atom. The van der Waals surface area contributed by atoms with Crippen LogP contribution in [0.3, 0.4) is 0 Å². The Balaban J connectivity index is 1.61. The number of thioether (sulfide) groups is 1. The Morgan fingerprint density at radius 2 is 1.65 bits per heavy atom. The predicted octanol–water partition coefficient (Wildman–Crippen LogP) is 8.79. The standard InChI is InChI=1S/C33H36F3N3O3S/c1-21-19-41-22(2)27(21)18-39(29-16-28(37-20-38-29)24-9-8-10-25(15-24)33(34,35)36)17-23-11-13-26(14-12-23)43-32(6,7)30(40)42-31(3,4)5/h8-16,19-20H,17-18H2,1-7H3. The normalized spacial score (nSPS) is 12.3. The SMILES string of the molecule is Cc1coc(C)c1CN(Cc1ccc(SC(C)(C)C(=O)OC(C)(C)C)cc1)c1cc(-c2cccc(C(F)(F)F)c2)ncn1. The van der Waals surface area contributed by atoms with Crippen molar-refractivity contribution in [3.63, 3.8) is 0 Å². The lowest BCUT2D eigenvalue weighted by Crippen LogP contribution is -2.36. The van der Waals surface area contributed by atoms with Gasteiger partial charge in [-0.05, 0) is 83.9 Å². The highest BCUT2D eigenvalue weighted by Gasteiger charge is 2.34. The molecule has 0 bridgehead atoms. The van der Waals surface area contributed by atoms with Crippen molar-refractivity contribution in [1.82, 2.24) is 9.97 Å². The van der Waals surface area contributed by atoms with Gasteiger partial charge in [0.25, 0.3) is 0 Å². The van der Waals surface area contributed by atoms with Crippen LogP contribution in [0.1, 0.15) is 62.6 Å². The highest BCUT2D eigenvalue weighted by molar-refractivity contribution is 8.01. The molecule has 4 rings (SSSR count). The summed E-state index contributed by atoms with van der Waals surface area (Å²) in [5.41, 5.74) is 2.41. The molecule has 0 unspecified atom stereocenters. The van der Waals surface area contributed by atoms with E-state index in [2.05, 4.69) is 9.97 Å². The van der Waals surface area contributed by atoms with E-state index in [1.165, 1.54) is 24.2 Å². The Kier molecular flexibility index (Phi) is 9.30. The summed E-state index contributed by atoms with van der Waals surface area (Å²) in [4.78, 5) is 24.5. The van der Waals surface area contributed by atoms with E-state index in [0.29, 0.717) is 30.2 Å². The summed E-state index contributed by atoms with van der Waals surface area (Å²) in [6.45, 7) is 14.0. The molecule has 43 heavy (non-hydrogen) atoms. The first kappa shape index (κ1) is 32.1. The van der Waals surface area contributed by atoms with Crippen molar-refractivity contribution in [3.05, 3.63) is 95.2 Å². The first-order chi connectivity index (χ1) is 20.0. The van der Waals surface area contributed by atoms with Crippen molar-refractivity contribution in [2.45, 2.75) is 83.0 Å². The number of nitrogens with zero attached hydrogens (tertiary/aromatic N) is 3. The molecular weight excluding hydrogens is 575 g/mol. The predicted molar refractivity (Wildman–Crippen MR) is 163 cm³/mol. The summed E-state index contributed by atoms with van der Waals surface area (Å²) < 4.78 is 50.5. The molecule has 0 radical (unpaired) electrons. The van der Waals surface area contributed by atoms with E-state index in [4.69, 9.17) is 9.15 Å². The maximum atomic E-state index is 13.4. The van der Waals surface area contributed by atoms with Gasteiger partial charge in [-0.1, -0.05) is 24.3 Å². The zero-order chi connectivity index (χ0) is 31.6. The van der Waals surface area contributed by atoms with Crippen molar-refractivity contribution in [3.8, 4) is 11.3 Å². The number of furan rings is 1. The lowest BCUT2D eigenvalue weighted by molar-refractivity contribution is -0.156. The molecule has 0 aliphatic heterocycles. The molecule has 2 aromatic carbocycles. The van der Waals surface area contributed by atoms with Crippen molar-refractivity contribution < 1.29 is 27.1 Å².